The van der Waals surface area contributed by atoms with Gasteiger partial charge in [0.25, 0.3) is 0 Å². The van der Waals surface area contributed by atoms with Crippen LogP contribution in [-0.2, 0) is 16.0 Å². The molecule has 0 radical (unpaired) electrons. The fourth-order valence-electron chi connectivity index (χ4n) is 3.42. The van der Waals surface area contributed by atoms with Gasteiger partial charge in [0.1, 0.15) is 11.8 Å². The lowest BCUT2D eigenvalue weighted by Crippen LogP contribution is -2.51. The summed E-state index contributed by atoms with van der Waals surface area (Å²) in [6, 6.07) is 16.8. The van der Waals surface area contributed by atoms with Gasteiger partial charge in [-0.05, 0) is 62.4 Å². The number of carbonyl (C=O) groups excluding carboxylic acids is 2. The van der Waals surface area contributed by atoms with E-state index in [1.54, 1.807) is 17.0 Å². The molecule has 0 unspecified atom stereocenters. The monoisotopic (exact) mass is 458 g/mol. The van der Waals surface area contributed by atoms with Gasteiger partial charge in [-0.15, -0.1) is 0 Å². The van der Waals surface area contributed by atoms with Crippen molar-refractivity contribution in [1.82, 2.24) is 10.2 Å². The number of amides is 2. The van der Waals surface area contributed by atoms with Crippen molar-refractivity contribution in [3.63, 3.8) is 0 Å². The fourth-order valence-corrected chi connectivity index (χ4v) is 3.55. The Labute approximate surface area is 197 Å². The van der Waals surface area contributed by atoms with Gasteiger partial charge >= 0.3 is 0 Å². The van der Waals surface area contributed by atoms with Crippen molar-refractivity contribution in [1.29, 1.82) is 0 Å². The second-order valence-corrected chi connectivity index (χ2v) is 8.41. The number of benzene rings is 2. The second-order valence-electron chi connectivity index (χ2n) is 7.97. The average Bonchev–Trinajstić information content (AvgIpc) is 2.80. The lowest BCUT2D eigenvalue weighted by Gasteiger charge is -2.31. The molecule has 2 aromatic carbocycles. The van der Waals surface area contributed by atoms with Crippen molar-refractivity contribution in [2.45, 2.75) is 65.0 Å². The quantitative estimate of drug-likeness (QED) is 0.416. The van der Waals surface area contributed by atoms with Gasteiger partial charge in [0.15, 0.2) is 0 Å². The fraction of sp³-hybridized carbons (Fsp3) is 0.462. The van der Waals surface area contributed by atoms with Crippen LogP contribution in [0.5, 0.6) is 5.75 Å². The highest BCUT2D eigenvalue weighted by molar-refractivity contribution is 6.30. The molecule has 2 rings (SSSR count). The first kappa shape index (κ1) is 25.7. The van der Waals surface area contributed by atoms with Crippen LogP contribution in [0.15, 0.2) is 54.6 Å². The lowest BCUT2D eigenvalue weighted by atomic mass is 10.1. The summed E-state index contributed by atoms with van der Waals surface area (Å²) < 4.78 is 5.71. The number of ether oxygens (including phenoxy) is 1. The number of rotatable bonds is 13. The summed E-state index contributed by atoms with van der Waals surface area (Å²) in [6.45, 7) is 6.90. The SMILES string of the molecule is CC[C@@H](C)NC(=O)[C@@H](CC)N(CCc1ccccc1)C(=O)CCCOc1ccc(Cl)cc1. The topological polar surface area (TPSA) is 58.6 Å². The van der Waals surface area contributed by atoms with Crippen LogP contribution in [0.2, 0.25) is 5.02 Å². The molecule has 0 aromatic heterocycles. The number of hydrogen-bond donors (Lipinski definition) is 1. The molecule has 0 heterocycles. The second kappa shape index (κ2) is 13.8. The normalized spacial score (nSPS) is 12.6. The predicted molar refractivity (Wildman–Crippen MR) is 130 cm³/mol. The average molecular weight is 459 g/mol. The van der Waals surface area contributed by atoms with Crippen molar-refractivity contribution in [3.05, 3.63) is 65.2 Å². The Kier molecular flexibility index (Phi) is 11.1. The molecular formula is C26H35ClN2O3. The molecule has 5 nitrogen and oxygen atoms in total. The van der Waals surface area contributed by atoms with Crippen LogP contribution in [0.25, 0.3) is 0 Å². The molecule has 6 heteroatoms. The Bertz CT molecular complexity index is 827. The summed E-state index contributed by atoms with van der Waals surface area (Å²) in [6.07, 6.45) is 3.04. The van der Waals surface area contributed by atoms with Crippen LogP contribution in [0, 0.1) is 0 Å². The number of carbonyl (C=O) groups is 2. The van der Waals surface area contributed by atoms with Crippen LogP contribution in [0.1, 0.15) is 52.0 Å². The highest BCUT2D eigenvalue weighted by atomic mass is 35.5. The maximum Gasteiger partial charge on any atom is 0.243 e. The Hall–Kier alpha value is -2.53. The van der Waals surface area contributed by atoms with E-state index < -0.39 is 6.04 Å². The van der Waals surface area contributed by atoms with Crippen LogP contribution < -0.4 is 10.1 Å². The van der Waals surface area contributed by atoms with Gasteiger partial charge < -0.3 is 15.0 Å². The van der Waals surface area contributed by atoms with Gasteiger partial charge in [-0.2, -0.15) is 0 Å². The minimum absolute atomic E-state index is 0.0215. The van der Waals surface area contributed by atoms with Gasteiger partial charge in [-0.25, -0.2) is 0 Å². The Balaban J connectivity index is 1.99. The summed E-state index contributed by atoms with van der Waals surface area (Å²) in [5, 5.41) is 3.69. The predicted octanol–water partition coefficient (Wildman–Crippen LogP) is 5.26. The molecule has 0 saturated heterocycles. The van der Waals surface area contributed by atoms with Crippen molar-refractivity contribution < 1.29 is 14.3 Å². The zero-order valence-corrected chi connectivity index (χ0v) is 20.1. The molecular weight excluding hydrogens is 424 g/mol. The van der Waals surface area contributed by atoms with Crippen LogP contribution >= 0.6 is 11.6 Å². The van der Waals surface area contributed by atoms with E-state index >= 15 is 0 Å². The van der Waals surface area contributed by atoms with E-state index in [2.05, 4.69) is 5.32 Å². The third-order valence-corrected chi connectivity index (χ3v) is 5.74. The van der Waals surface area contributed by atoms with E-state index in [0.29, 0.717) is 43.9 Å². The van der Waals surface area contributed by atoms with Gasteiger partial charge in [-0.1, -0.05) is 55.8 Å². The Morgan fingerprint density at radius 3 is 2.34 bits per heavy atom. The van der Waals surface area contributed by atoms with E-state index in [4.69, 9.17) is 16.3 Å². The zero-order valence-electron chi connectivity index (χ0n) is 19.4. The third-order valence-electron chi connectivity index (χ3n) is 5.49. The molecule has 0 saturated carbocycles. The van der Waals surface area contributed by atoms with Gasteiger partial charge in [-0.3, -0.25) is 9.59 Å². The molecule has 0 fully saturated rings. The molecule has 0 aliphatic carbocycles. The van der Waals surface area contributed by atoms with Crippen molar-refractivity contribution >= 4 is 23.4 Å². The van der Waals surface area contributed by atoms with Gasteiger partial charge in [0, 0.05) is 24.0 Å². The highest BCUT2D eigenvalue weighted by Gasteiger charge is 2.28. The molecule has 32 heavy (non-hydrogen) atoms. The first-order chi connectivity index (χ1) is 15.4. The molecule has 2 atom stereocenters. The zero-order chi connectivity index (χ0) is 23.3. The van der Waals surface area contributed by atoms with E-state index in [9.17, 15) is 9.59 Å². The van der Waals surface area contributed by atoms with Gasteiger partial charge in [0.2, 0.25) is 11.8 Å². The summed E-state index contributed by atoms with van der Waals surface area (Å²) >= 11 is 5.89. The summed E-state index contributed by atoms with van der Waals surface area (Å²) in [4.78, 5) is 27.8. The van der Waals surface area contributed by atoms with Gasteiger partial charge in [0.05, 0.1) is 6.61 Å². The number of nitrogens with zero attached hydrogens (tertiary/aromatic N) is 1. The minimum atomic E-state index is -0.475. The van der Waals surface area contributed by atoms with E-state index in [0.717, 1.165) is 17.7 Å². The Morgan fingerprint density at radius 1 is 1.03 bits per heavy atom. The smallest absolute Gasteiger partial charge is 0.243 e. The third kappa shape index (κ3) is 8.54. The molecule has 2 amide bonds. The van der Waals surface area contributed by atoms with E-state index in [1.165, 1.54) is 0 Å². The first-order valence-electron chi connectivity index (χ1n) is 11.5. The van der Waals surface area contributed by atoms with Crippen molar-refractivity contribution in [2.24, 2.45) is 0 Å². The Morgan fingerprint density at radius 2 is 1.72 bits per heavy atom. The van der Waals surface area contributed by atoms with Crippen LogP contribution in [-0.4, -0.2) is 41.9 Å². The number of nitrogens with one attached hydrogen (secondary N) is 1. The van der Waals surface area contributed by atoms with E-state index in [-0.39, 0.29) is 17.9 Å². The molecule has 0 aliphatic rings. The lowest BCUT2D eigenvalue weighted by molar-refractivity contribution is -0.141. The summed E-state index contributed by atoms with van der Waals surface area (Å²) in [5.74, 6) is 0.620. The number of hydrogen-bond acceptors (Lipinski definition) is 3. The van der Waals surface area contributed by atoms with Crippen molar-refractivity contribution in [2.75, 3.05) is 13.2 Å². The maximum absolute atomic E-state index is 13.2. The van der Waals surface area contributed by atoms with E-state index in [1.807, 2.05) is 63.2 Å². The number of halogens is 1. The largest absolute Gasteiger partial charge is 0.494 e. The van der Waals surface area contributed by atoms with Crippen LogP contribution in [0.4, 0.5) is 0 Å². The standard InChI is InChI=1S/C26H35ClN2O3/c1-4-20(3)28-26(31)24(5-2)29(18-17-21-10-7-6-8-11-21)25(30)12-9-19-32-23-15-13-22(27)14-16-23/h6-8,10-11,13-16,20,24H,4-5,9,12,17-19H2,1-3H3,(H,28,31)/t20-,24-/m1/s1. The molecule has 0 bridgehead atoms. The van der Waals surface area contributed by atoms with Crippen LogP contribution in [0.3, 0.4) is 0 Å². The molecule has 0 aliphatic heterocycles. The summed E-state index contributed by atoms with van der Waals surface area (Å²) in [5.41, 5.74) is 1.15. The molecule has 0 spiro atoms. The molecule has 1 N–H and O–H groups in total. The minimum Gasteiger partial charge on any atom is -0.494 e. The summed E-state index contributed by atoms with van der Waals surface area (Å²) in [7, 11) is 0. The maximum atomic E-state index is 13.2. The molecule has 2 aromatic rings. The first-order valence-corrected chi connectivity index (χ1v) is 11.8. The van der Waals surface area contributed by atoms with Crippen molar-refractivity contribution in [3.8, 4) is 5.75 Å². The highest BCUT2D eigenvalue weighted by Crippen LogP contribution is 2.16. The molecule has 174 valence electrons.